The van der Waals surface area contributed by atoms with E-state index in [1.807, 2.05) is 0 Å². The third-order valence-corrected chi connectivity index (χ3v) is 12.0. The second kappa shape index (κ2) is 20.9. The monoisotopic (exact) mass is 903 g/mol. The van der Waals surface area contributed by atoms with Crippen LogP contribution in [-0.2, 0) is 56.9 Å². The van der Waals surface area contributed by atoms with Crippen LogP contribution in [0.3, 0.4) is 0 Å². The van der Waals surface area contributed by atoms with Gasteiger partial charge in [-0.2, -0.15) is 0 Å². The molecular formula is C56H74N2O8. The molecule has 0 saturated carbocycles. The smallest absolute Gasteiger partial charge is 0.243 e. The zero-order valence-corrected chi connectivity index (χ0v) is 41.4. The summed E-state index contributed by atoms with van der Waals surface area (Å²) in [6.07, 6.45) is 7.41. The molecule has 356 valence electrons. The molecule has 0 unspecified atom stereocenters. The van der Waals surface area contributed by atoms with E-state index < -0.39 is 0 Å². The van der Waals surface area contributed by atoms with Crippen LogP contribution < -0.4 is 20.1 Å². The van der Waals surface area contributed by atoms with E-state index in [2.05, 4.69) is 142 Å². The summed E-state index contributed by atoms with van der Waals surface area (Å²) in [5.41, 5.74) is 9.54. The largest absolute Gasteiger partial charge is 0.507 e. The van der Waals surface area contributed by atoms with Crippen molar-refractivity contribution in [2.24, 2.45) is 0 Å². The second-order valence-corrected chi connectivity index (χ2v) is 21.7. The first-order valence-corrected chi connectivity index (χ1v) is 23.2. The van der Waals surface area contributed by atoms with Crippen LogP contribution in [0, 0.1) is 0 Å². The fraction of sp³-hybridized carbons (Fsp3) is 0.464. The van der Waals surface area contributed by atoms with E-state index in [-0.39, 0.29) is 84.5 Å². The van der Waals surface area contributed by atoms with E-state index in [0.717, 1.165) is 66.8 Å². The summed E-state index contributed by atoms with van der Waals surface area (Å²) in [6.45, 7) is 26.1. The standard InChI is InChI=1S/C56H74N2O8/c1-53(2,3)43-27-35-23-39-31-45(55(7,8)9)33-41(51(39)65-21-13-15-47(61)57-17-19-59)25-37-29-44(54(4,5)6)30-38(50(37)64)26-42-34-46(56(10,11)12)32-40(24-36(28-43)49(35)63)52(42)66-22-14-16-48(62)58-18-20-60/h13-16,27-34,59-60,63-64H,17-26H2,1-12H3,(H,57,61)(H,58,62)/b15-13+,16-14+. The number of nitrogens with one attached hydrogen (secondary N) is 2. The SMILES string of the molecule is CC(C)(C)c1cc2c(O)c(c1)Cc1cc(C(C)(C)C)cc(c1OC/C=C/C(=O)NCCO)Cc1cc(C(C)(C)C)cc(c1O)Cc1cc(C(C)(C)C)cc(c1OC/C=C/C(=O)NCCO)C2. The summed E-state index contributed by atoms with van der Waals surface area (Å²) >= 11 is 0. The van der Waals surface area contributed by atoms with Crippen molar-refractivity contribution in [3.8, 4) is 23.0 Å². The lowest BCUT2D eigenvalue weighted by Gasteiger charge is -2.28. The third-order valence-electron chi connectivity index (χ3n) is 12.0. The number of ether oxygens (including phenoxy) is 2. The maximum Gasteiger partial charge on any atom is 0.243 e. The Bertz CT molecular complexity index is 2180. The summed E-state index contributed by atoms with van der Waals surface area (Å²) in [6, 6.07) is 17.0. The molecule has 4 aromatic carbocycles. The van der Waals surface area contributed by atoms with E-state index >= 15 is 0 Å². The fourth-order valence-corrected chi connectivity index (χ4v) is 8.07. The molecule has 66 heavy (non-hydrogen) atoms. The first-order valence-electron chi connectivity index (χ1n) is 23.2. The number of aliphatic hydroxyl groups excluding tert-OH is 2. The minimum atomic E-state index is -0.336. The molecule has 1 aliphatic carbocycles. The average Bonchev–Trinajstić information content (AvgIpc) is 3.21. The molecule has 8 bridgehead atoms. The third kappa shape index (κ3) is 13.3. The number of fused-ring (bicyclic) bond motifs is 8. The molecule has 0 radical (unpaired) electrons. The second-order valence-electron chi connectivity index (χ2n) is 21.7. The van der Waals surface area contributed by atoms with Gasteiger partial charge in [-0.25, -0.2) is 0 Å². The van der Waals surface area contributed by atoms with Crippen LogP contribution in [0.2, 0.25) is 0 Å². The zero-order valence-electron chi connectivity index (χ0n) is 41.4. The van der Waals surface area contributed by atoms with E-state index in [4.69, 9.17) is 9.47 Å². The lowest BCUT2D eigenvalue weighted by atomic mass is 9.79. The predicted octanol–water partition coefficient (Wildman–Crippen LogP) is 9.05. The van der Waals surface area contributed by atoms with E-state index in [9.17, 15) is 30.0 Å². The Labute approximate surface area is 393 Å². The molecule has 5 rings (SSSR count). The molecule has 0 atom stereocenters. The highest BCUT2D eigenvalue weighted by atomic mass is 16.5. The van der Waals surface area contributed by atoms with Crippen LogP contribution in [0.15, 0.2) is 72.8 Å². The molecular weight excluding hydrogens is 829 g/mol. The number of carbonyl (C=O) groups is 2. The van der Waals surface area contributed by atoms with Gasteiger partial charge in [0.25, 0.3) is 0 Å². The summed E-state index contributed by atoms with van der Waals surface area (Å²) in [7, 11) is 0. The van der Waals surface area contributed by atoms with Gasteiger partial charge in [0.15, 0.2) is 0 Å². The summed E-state index contributed by atoms with van der Waals surface area (Å²) in [4.78, 5) is 24.9. The number of phenolic OH excluding ortho intramolecular Hbond substituents is 2. The molecule has 6 N–H and O–H groups in total. The number of aliphatic hydroxyl groups is 2. The Balaban J connectivity index is 1.86. The van der Waals surface area contributed by atoms with Gasteiger partial charge in [0, 0.05) is 50.9 Å². The fourth-order valence-electron chi connectivity index (χ4n) is 8.07. The van der Waals surface area contributed by atoms with Crippen molar-refractivity contribution in [3.63, 3.8) is 0 Å². The Morgan fingerprint density at radius 1 is 0.470 bits per heavy atom. The molecule has 1 aliphatic rings. The summed E-state index contributed by atoms with van der Waals surface area (Å²) in [5, 5.41) is 48.7. The molecule has 0 aliphatic heterocycles. The predicted molar refractivity (Wildman–Crippen MR) is 265 cm³/mol. The van der Waals surface area contributed by atoms with E-state index in [1.54, 1.807) is 12.2 Å². The van der Waals surface area contributed by atoms with Crippen LogP contribution in [0.1, 0.15) is 150 Å². The van der Waals surface area contributed by atoms with Gasteiger partial charge in [0.05, 0.1) is 13.2 Å². The highest BCUT2D eigenvalue weighted by molar-refractivity contribution is 5.87. The van der Waals surface area contributed by atoms with Gasteiger partial charge in [0.2, 0.25) is 11.8 Å². The van der Waals surface area contributed by atoms with Crippen molar-refractivity contribution >= 4 is 11.8 Å². The highest BCUT2D eigenvalue weighted by Gasteiger charge is 2.28. The van der Waals surface area contributed by atoms with Crippen LogP contribution in [0.5, 0.6) is 23.0 Å². The van der Waals surface area contributed by atoms with Gasteiger partial charge in [-0.05, 0) is 101 Å². The molecule has 10 heteroatoms. The number of carbonyl (C=O) groups excluding carboxylic acids is 2. The number of hydrogen-bond acceptors (Lipinski definition) is 8. The van der Waals surface area contributed by atoms with Crippen molar-refractivity contribution in [1.82, 2.24) is 10.6 Å². The lowest BCUT2D eigenvalue weighted by Crippen LogP contribution is -2.24. The summed E-state index contributed by atoms with van der Waals surface area (Å²) in [5.74, 6) is 0.919. The highest BCUT2D eigenvalue weighted by Crippen LogP contribution is 2.43. The first kappa shape index (κ1) is 51.4. The zero-order chi connectivity index (χ0) is 48.8. The topological polar surface area (TPSA) is 158 Å². The van der Waals surface area contributed by atoms with Crippen LogP contribution in [0.4, 0.5) is 0 Å². The number of aromatic hydroxyl groups is 2. The van der Waals surface area contributed by atoms with Gasteiger partial charge in [0.1, 0.15) is 36.2 Å². The van der Waals surface area contributed by atoms with Crippen LogP contribution in [-0.4, -0.2) is 71.8 Å². The van der Waals surface area contributed by atoms with Crippen LogP contribution >= 0.6 is 0 Å². The summed E-state index contributed by atoms with van der Waals surface area (Å²) < 4.78 is 13.4. The number of phenols is 2. The quantitative estimate of drug-likeness (QED) is 0.0678. The normalized spacial score (nSPS) is 13.5. The number of rotatable bonds is 12. The number of hydrogen-bond donors (Lipinski definition) is 6. The maximum absolute atomic E-state index is 12.5. The Hall–Kier alpha value is -5.58. The lowest BCUT2D eigenvalue weighted by molar-refractivity contribution is -0.117. The molecule has 0 saturated heterocycles. The van der Waals surface area contributed by atoms with Gasteiger partial charge >= 0.3 is 0 Å². The van der Waals surface area contributed by atoms with Gasteiger partial charge < -0.3 is 40.5 Å². The van der Waals surface area contributed by atoms with Gasteiger partial charge in [-0.1, -0.05) is 132 Å². The molecule has 0 heterocycles. The molecule has 2 amide bonds. The van der Waals surface area contributed by atoms with Gasteiger partial charge in [-0.15, -0.1) is 0 Å². The van der Waals surface area contributed by atoms with Crippen molar-refractivity contribution in [3.05, 3.63) is 140 Å². The first-order chi connectivity index (χ1) is 30.8. The molecule has 0 fully saturated rings. The molecule has 0 spiro atoms. The maximum atomic E-state index is 12.5. The minimum Gasteiger partial charge on any atom is -0.507 e. The van der Waals surface area contributed by atoms with Crippen molar-refractivity contribution in [2.45, 2.75) is 130 Å². The average molecular weight is 903 g/mol. The van der Waals surface area contributed by atoms with E-state index in [0.29, 0.717) is 37.2 Å². The Kier molecular flexibility index (Phi) is 16.3. The van der Waals surface area contributed by atoms with E-state index in [1.165, 1.54) is 12.2 Å². The number of benzene rings is 4. The Morgan fingerprint density at radius 3 is 0.939 bits per heavy atom. The minimum absolute atomic E-state index is 0.0794. The van der Waals surface area contributed by atoms with Crippen molar-refractivity contribution < 1.29 is 39.5 Å². The van der Waals surface area contributed by atoms with Crippen molar-refractivity contribution in [2.75, 3.05) is 39.5 Å². The van der Waals surface area contributed by atoms with Gasteiger partial charge in [-0.3, -0.25) is 9.59 Å². The molecule has 0 aromatic heterocycles. The van der Waals surface area contributed by atoms with Crippen LogP contribution in [0.25, 0.3) is 0 Å². The molecule has 10 nitrogen and oxygen atoms in total. The Morgan fingerprint density at radius 2 is 0.712 bits per heavy atom. The number of amides is 2. The molecule has 4 aromatic rings. The van der Waals surface area contributed by atoms with Crippen molar-refractivity contribution in [1.29, 1.82) is 0 Å².